The van der Waals surface area contributed by atoms with Crippen LogP contribution >= 0.6 is 0 Å². The SMILES string of the molecule is CC(=O)O.CCC(=O)Oc1ccccc1. The van der Waals surface area contributed by atoms with Crippen LogP contribution in [-0.4, -0.2) is 17.0 Å². The molecule has 1 aromatic rings. The van der Waals surface area contributed by atoms with Gasteiger partial charge in [0.1, 0.15) is 5.75 Å². The smallest absolute Gasteiger partial charge is 0.310 e. The number of hydrogen-bond acceptors (Lipinski definition) is 3. The number of ether oxygens (including phenoxy) is 1. The minimum atomic E-state index is -0.833. The summed E-state index contributed by atoms with van der Waals surface area (Å²) in [4.78, 5) is 19.8. The minimum absolute atomic E-state index is 0.198. The molecule has 0 saturated heterocycles. The number of carboxylic acids is 1. The van der Waals surface area contributed by atoms with Gasteiger partial charge in [0.2, 0.25) is 0 Å². The molecule has 0 amide bonds. The number of hydrogen-bond donors (Lipinski definition) is 1. The Morgan fingerprint density at radius 2 is 1.73 bits per heavy atom. The largest absolute Gasteiger partial charge is 0.481 e. The van der Waals surface area contributed by atoms with E-state index < -0.39 is 5.97 Å². The lowest BCUT2D eigenvalue weighted by Gasteiger charge is -1.99. The highest BCUT2D eigenvalue weighted by Crippen LogP contribution is 2.08. The number of carboxylic acid groups (broad SMARTS) is 1. The van der Waals surface area contributed by atoms with Crippen LogP contribution in [0.3, 0.4) is 0 Å². The summed E-state index contributed by atoms with van der Waals surface area (Å²) in [7, 11) is 0. The molecule has 0 heterocycles. The molecular formula is C11H14O4. The molecule has 15 heavy (non-hydrogen) atoms. The standard InChI is InChI=1S/C9H10O2.C2H4O2/c1-2-9(10)11-8-6-4-3-5-7-8;1-2(3)4/h3-7H,2H2,1H3;1H3,(H,3,4). The van der Waals surface area contributed by atoms with Gasteiger partial charge in [0.15, 0.2) is 0 Å². The zero-order chi connectivity index (χ0) is 11.7. The van der Waals surface area contributed by atoms with Crippen molar-refractivity contribution in [1.29, 1.82) is 0 Å². The molecule has 1 N–H and O–H groups in total. The van der Waals surface area contributed by atoms with E-state index in [-0.39, 0.29) is 5.97 Å². The molecule has 0 fully saturated rings. The first kappa shape index (κ1) is 13.2. The molecule has 0 unspecified atom stereocenters. The predicted octanol–water partition coefficient (Wildman–Crippen LogP) is 2.09. The van der Waals surface area contributed by atoms with E-state index in [0.717, 1.165) is 6.92 Å². The zero-order valence-electron chi connectivity index (χ0n) is 8.77. The summed E-state index contributed by atoms with van der Waals surface area (Å²) in [6, 6.07) is 9.06. The number of carbonyl (C=O) groups is 2. The predicted molar refractivity (Wildman–Crippen MR) is 55.7 cm³/mol. The van der Waals surface area contributed by atoms with Crippen LogP contribution in [0.5, 0.6) is 5.75 Å². The molecule has 1 aromatic carbocycles. The quantitative estimate of drug-likeness (QED) is 0.599. The average molecular weight is 210 g/mol. The van der Waals surface area contributed by atoms with E-state index in [2.05, 4.69) is 0 Å². The van der Waals surface area contributed by atoms with E-state index >= 15 is 0 Å². The molecule has 82 valence electrons. The lowest BCUT2D eigenvalue weighted by Crippen LogP contribution is -2.04. The van der Waals surface area contributed by atoms with Crippen molar-refractivity contribution in [3.63, 3.8) is 0 Å². The molecule has 4 nitrogen and oxygen atoms in total. The van der Waals surface area contributed by atoms with E-state index in [9.17, 15) is 4.79 Å². The Balaban J connectivity index is 0.000000423. The van der Waals surface area contributed by atoms with Crippen molar-refractivity contribution in [3.8, 4) is 5.75 Å². The lowest BCUT2D eigenvalue weighted by molar-refractivity contribution is -0.135. The van der Waals surface area contributed by atoms with Gasteiger partial charge >= 0.3 is 5.97 Å². The summed E-state index contributed by atoms with van der Waals surface area (Å²) in [6.45, 7) is 2.85. The summed E-state index contributed by atoms with van der Waals surface area (Å²) in [6.07, 6.45) is 0.412. The Kier molecular flexibility index (Phi) is 6.63. The lowest BCUT2D eigenvalue weighted by atomic mass is 10.3. The Hall–Kier alpha value is -1.84. The molecule has 4 heteroatoms. The number of esters is 1. The molecule has 0 saturated carbocycles. The second-order valence-corrected chi connectivity index (χ2v) is 2.66. The molecule has 0 spiro atoms. The van der Waals surface area contributed by atoms with Gasteiger partial charge in [-0.15, -0.1) is 0 Å². The summed E-state index contributed by atoms with van der Waals surface area (Å²) in [5.74, 6) is -0.421. The van der Waals surface area contributed by atoms with Crippen LogP contribution in [0, 0.1) is 0 Å². The number of benzene rings is 1. The molecule has 0 atom stereocenters. The molecule has 0 aliphatic heterocycles. The molecule has 0 aliphatic carbocycles. The summed E-state index contributed by atoms with van der Waals surface area (Å²) in [5, 5.41) is 7.42. The fraction of sp³-hybridized carbons (Fsp3) is 0.273. The second kappa shape index (κ2) is 7.55. The van der Waals surface area contributed by atoms with Crippen LogP contribution in [-0.2, 0) is 9.59 Å². The normalized spacial score (nSPS) is 8.40. The minimum Gasteiger partial charge on any atom is -0.481 e. The Bertz CT molecular complexity index is 302. The van der Waals surface area contributed by atoms with Gasteiger partial charge in [-0.3, -0.25) is 9.59 Å². The van der Waals surface area contributed by atoms with Crippen molar-refractivity contribution in [3.05, 3.63) is 30.3 Å². The van der Waals surface area contributed by atoms with Gasteiger partial charge in [-0.1, -0.05) is 25.1 Å². The highest BCUT2D eigenvalue weighted by Gasteiger charge is 1.98. The third kappa shape index (κ3) is 8.49. The van der Waals surface area contributed by atoms with E-state index in [4.69, 9.17) is 14.6 Å². The van der Waals surface area contributed by atoms with E-state index in [1.54, 1.807) is 19.1 Å². The monoisotopic (exact) mass is 210 g/mol. The Morgan fingerprint density at radius 3 is 2.13 bits per heavy atom. The topological polar surface area (TPSA) is 63.6 Å². The van der Waals surface area contributed by atoms with Gasteiger partial charge in [-0.25, -0.2) is 0 Å². The van der Waals surface area contributed by atoms with Gasteiger partial charge < -0.3 is 9.84 Å². The summed E-state index contributed by atoms with van der Waals surface area (Å²) in [5.41, 5.74) is 0. The van der Waals surface area contributed by atoms with Crippen molar-refractivity contribution in [1.82, 2.24) is 0 Å². The van der Waals surface area contributed by atoms with Crippen LogP contribution in [0.2, 0.25) is 0 Å². The first-order valence-electron chi connectivity index (χ1n) is 4.51. The van der Waals surface area contributed by atoms with E-state index in [1.165, 1.54) is 0 Å². The third-order valence-electron chi connectivity index (χ3n) is 1.26. The van der Waals surface area contributed by atoms with Crippen molar-refractivity contribution in [2.24, 2.45) is 0 Å². The molecule has 0 aliphatic rings. The van der Waals surface area contributed by atoms with Crippen molar-refractivity contribution in [2.75, 3.05) is 0 Å². The highest BCUT2D eigenvalue weighted by atomic mass is 16.5. The first-order chi connectivity index (χ1) is 7.06. The highest BCUT2D eigenvalue weighted by molar-refractivity contribution is 5.71. The van der Waals surface area contributed by atoms with Crippen LogP contribution < -0.4 is 4.74 Å². The molecule has 0 bridgehead atoms. The van der Waals surface area contributed by atoms with Crippen LogP contribution in [0.15, 0.2) is 30.3 Å². The molecule has 0 radical (unpaired) electrons. The van der Waals surface area contributed by atoms with Gasteiger partial charge in [0, 0.05) is 13.3 Å². The van der Waals surface area contributed by atoms with E-state index in [0.29, 0.717) is 12.2 Å². The van der Waals surface area contributed by atoms with Crippen molar-refractivity contribution in [2.45, 2.75) is 20.3 Å². The van der Waals surface area contributed by atoms with Crippen LogP contribution in [0.4, 0.5) is 0 Å². The molecule has 0 aromatic heterocycles. The third-order valence-corrected chi connectivity index (χ3v) is 1.26. The average Bonchev–Trinajstić information content (AvgIpc) is 2.18. The van der Waals surface area contributed by atoms with Gasteiger partial charge in [-0.05, 0) is 12.1 Å². The fourth-order valence-corrected chi connectivity index (χ4v) is 0.692. The van der Waals surface area contributed by atoms with E-state index in [1.807, 2.05) is 18.2 Å². The fourth-order valence-electron chi connectivity index (χ4n) is 0.692. The maximum Gasteiger partial charge on any atom is 0.310 e. The maximum absolute atomic E-state index is 10.8. The number of para-hydroxylation sites is 1. The van der Waals surface area contributed by atoms with Crippen LogP contribution in [0.1, 0.15) is 20.3 Å². The van der Waals surface area contributed by atoms with Crippen molar-refractivity contribution < 1.29 is 19.4 Å². The second-order valence-electron chi connectivity index (χ2n) is 2.66. The number of carbonyl (C=O) groups excluding carboxylic acids is 1. The van der Waals surface area contributed by atoms with Gasteiger partial charge in [0.25, 0.3) is 5.97 Å². The van der Waals surface area contributed by atoms with Crippen LogP contribution in [0.25, 0.3) is 0 Å². The molecular weight excluding hydrogens is 196 g/mol. The Labute approximate surface area is 88.5 Å². The number of rotatable bonds is 2. The maximum atomic E-state index is 10.8. The zero-order valence-corrected chi connectivity index (χ0v) is 8.77. The van der Waals surface area contributed by atoms with Gasteiger partial charge in [0.05, 0.1) is 0 Å². The van der Waals surface area contributed by atoms with Gasteiger partial charge in [-0.2, -0.15) is 0 Å². The summed E-state index contributed by atoms with van der Waals surface area (Å²) >= 11 is 0. The molecule has 1 rings (SSSR count). The first-order valence-corrected chi connectivity index (χ1v) is 4.51. The summed E-state index contributed by atoms with van der Waals surface area (Å²) < 4.78 is 4.92. The van der Waals surface area contributed by atoms with Crippen molar-refractivity contribution >= 4 is 11.9 Å². The number of aliphatic carboxylic acids is 1. The Morgan fingerprint density at radius 1 is 1.27 bits per heavy atom.